The quantitative estimate of drug-likeness (QED) is 0.783. The van der Waals surface area contributed by atoms with Crippen molar-refractivity contribution < 1.29 is 16.8 Å². The lowest BCUT2D eigenvalue weighted by atomic mass is 10.1. The van der Waals surface area contributed by atoms with Crippen molar-refractivity contribution in [1.29, 1.82) is 0 Å². The van der Waals surface area contributed by atoms with Crippen LogP contribution in [0.25, 0.3) is 0 Å². The van der Waals surface area contributed by atoms with Gasteiger partial charge in [-0.3, -0.25) is 0 Å². The summed E-state index contributed by atoms with van der Waals surface area (Å²) in [6.45, 7) is 1.84. The number of aryl methyl sites for hydroxylation is 1. The zero-order valence-electron chi connectivity index (χ0n) is 10.9. The maximum absolute atomic E-state index is 12.3. The number of anilines is 1. The van der Waals surface area contributed by atoms with Gasteiger partial charge in [-0.25, -0.2) is 21.6 Å². The lowest BCUT2D eigenvalue weighted by Gasteiger charge is -2.14. The van der Waals surface area contributed by atoms with Crippen molar-refractivity contribution in [2.75, 3.05) is 11.5 Å². The Bertz CT molecular complexity index is 752. The molecule has 1 atom stereocenters. The van der Waals surface area contributed by atoms with Gasteiger partial charge in [-0.2, -0.15) is 0 Å². The predicted molar refractivity (Wildman–Crippen MR) is 77.3 cm³/mol. The summed E-state index contributed by atoms with van der Waals surface area (Å²) >= 11 is 0. The number of benzene rings is 1. The molecule has 0 amide bonds. The predicted octanol–water partition coefficient (Wildman–Crippen LogP) is 0.420. The highest BCUT2D eigenvalue weighted by molar-refractivity contribution is 7.94. The number of nitrogens with one attached hydrogen (secondary N) is 1. The normalized spacial score (nSPS) is 21.1. The SMILES string of the molecule is CCc1ccc(N)cc1S(=O)(=O)NC1C=CS(=O)(=O)C1. The van der Waals surface area contributed by atoms with Crippen molar-refractivity contribution in [2.45, 2.75) is 24.3 Å². The molecule has 0 aliphatic carbocycles. The molecule has 3 N–H and O–H groups in total. The van der Waals surface area contributed by atoms with Crippen LogP contribution in [0, 0.1) is 0 Å². The van der Waals surface area contributed by atoms with Crippen LogP contribution in [0.2, 0.25) is 0 Å². The first-order valence-electron chi connectivity index (χ1n) is 6.05. The molecule has 0 bridgehead atoms. The Kier molecular flexibility index (Phi) is 3.90. The maximum Gasteiger partial charge on any atom is 0.241 e. The Morgan fingerprint density at radius 2 is 2.10 bits per heavy atom. The summed E-state index contributed by atoms with van der Waals surface area (Å²) in [5, 5.41) is 1.03. The molecule has 1 aromatic carbocycles. The van der Waals surface area contributed by atoms with Gasteiger partial charge >= 0.3 is 0 Å². The molecule has 0 radical (unpaired) electrons. The second-order valence-electron chi connectivity index (χ2n) is 4.61. The smallest absolute Gasteiger partial charge is 0.241 e. The van der Waals surface area contributed by atoms with Crippen molar-refractivity contribution in [1.82, 2.24) is 4.72 Å². The largest absolute Gasteiger partial charge is 0.399 e. The van der Waals surface area contributed by atoms with Gasteiger partial charge in [0.15, 0.2) is 9.84 Å². The number of nitrogen functional groups attached to an aromatic ring is 1. The van der Waals surface area contributed by atoms with Crippen LogP contribution in [0.15, 0.2) is 34.6 Å². The topological polar surface area (TPSA) is 106 Å². The number of hydrogen-bond donors (Lipinski definition) is 2. The van der Waals surface area contributed by atoms with Crippen molar-refractivity contribution in [3.05, 3.63) is 35.2 Å². The van der Waals surface area contributed by atoms with Gasteiger partial charge in [-0.1, -0.05) is 19.1 Å². The Morgan fingerprint density at radius 1 is 1.40 bits per heavy atom. The van der Waals surface area contributed by atoms with Crippen LogP contribution in [0.3, 0.4) is 0 Å². The number of rotatable bonds is 4. The molecule has 1 unspecified atom stereocenters. The van der Waals surface area contributed by atoms with Crippen LogP contribution in [-0.2, 0) is 26.3 Å². The molecule has 1 heterocycles. The zero-order valence-corrected chi connectivity index (χ0v) is 12.5. The summed E-state index contributed by atoms with van der Waals surface area (Å²) in [5.41, 5.74) is 6.61. The van der Waals surface area contributed by atoms with Gasteiger partial charge in [0, 0.05) is 11.1 Å². The summed E-state index contributed by atoms with van der Waals surface area (Å²) in [6.07, 6.45) is 1.88. The lowest BCUT2D eigenvalue weighted by molar-refractivity contribution is 0.574. The van der Waals surface area contributed by atoms with Gasteiger partial charge in [0.05, 0.1) is 16.7 Å². The lowest BCUT2D eigenvalue weighted by Crippen LogP contribution is -2.36. The van der Waals surface area contributed by atoms with Gasteiger partial charge < -0.3 is 5.73 Å². The van der Waals surface area contributed by atoms with Crippen LogP contribution in [-0.4, -0.2) is 28.6 Å². The molecule has 0 fully saturated rings. The Hall–Kier alpha value is -1.38. The summed E-state index contributed by atoms with van der Waals surface area (Å²) in [5.74, 6) is -0.254. The van der Waals surface area contributed by atoms with Crippen LogP contribution < -0.4 is 10.5 Å². The van der Waals surface area contributed by atoms with Crippen LogP contribution >= 0.6 is 0 Å². The minimum absolute atomic E-state index is 0.0951. The summed E-state index contributed by atoms with van der Waals surface area (Å²) in [6, 6.07) is 3.94. The zero-order chi connectivity index (χ0) is 15.0. The third kappa shape index (κ3) is 3.20. The van der Waals surface area contributed by atoms with E-state index in [4.69, 9.17) is 5.73 Å². The van der Waals surface area contributed by atoms with Crippen LogP contribution in [0.5, 0.6) is 0 Å². The second kappa shape index (κ2) is 5.19. The molecule has 1 aliphatic heterocycles. The van der Waals surface area contributed by atoms with Crippen molar-refractivity contribution >= 4 is 25.5 Å². The van der Waals surface area contributed by atoms with Crippen LogP contribution in [0.4, 0.5) is 5.69 Å². The van der Waals surface area contributed by atoms with E-state index >= 15 is 0 Å². The molecule has 20 heavy (non-hydrogen) atoms. The molecule has 1 aliphatic rings. The molecular formula is C12H16N2O4S2. The minimum atomic E-state index is -3.80. The fourth-order valence-corrected chi connectivity index (χ4v) is 4.90. The van der Waals surface area contributed by atoms with Gasteiger partial charge in [0.25, 0.3) is 0 Å². The first-order valence-corrected chi connectivity index (χ1v) is 9.25. The molecule has 2 rings (SSSR count). The molecule has 8 heteroatoms. The average molecular weight is 316 g/mol. The molecule has 6 nitrogen and oxygen atoms in total. The van der Waals surface area contributed by atoms with Gasteiger partial charge in [-0.15, -0.1) is 0 Å². The minimum Gasteiger partial charge on any atom is -0.399 e. The fraction of sp³-hybridized carbons (Fsp3) is 0.333. The van der Waals surface area contributed by atoms with E-state index in [0.29, 0.717) is 17.7 Å². The van der Waals surface area contributed by atoms with Crippen molar-refractivity contribution in [3.63, 3.8) is 0 Å². The van der Waals surface area contributed by atoms with E-state index in [0.717, 1.165) is 5.41 Å². The fourth-order valence-electron chi connectivity index (χ4n) is 2.03. The van der Waals surface area contributed by atoms with E-state index in [2.05, 4.69) is 4.72 Å². The summed E-state index contributed by atoms with van der Waals surface area (Å²) < 4.78 is 49.6. The third-order valence-corrected chi connectivity index (χ3v) is 5.97. The number of nitrogens with two attached hydrogens (primary N) is 1. The van der Waals surface area contributed by atoms with Crippen molar-refractivity contribution in [3.8, 4) is 0 Å². The van der Waals surface area contributed by atoms with Gasteiger partial charge in [0.1, 0.15) is 0 Å². The third-order valence-electron chi connectivity index (χ3n) is 3.00. The highest BCUT2D eigenvalue weighted by Crippen LogP contribution is 2.21. The van der Waals surface area contributed by atoms with Crippen molar-refractivity contribution in [2.24, 2.45) is 0 Å². The highest BCUT2D eigenvalue weighted by atomic mass is 32.2. The average Bonchev–Trinajstić information content (AvgIpc) is 2.68. The van der Waals surface area contributed by atoms with E-state index in [1.807, 2.05) is 6.92 Å². The van der Waals surface area contributed by atoms with Gasteiger partial charge in [0.2, 0.25) is 10.0 Å². The standard InChI is InChI=1S/C12H16N2O4S2/c1-2-9-3-4-10(13)7-12(9)20(17,18)14-11-5-6-19(15,16)8-11/h3-7,11,14H,2,8,13H2,1H3. The van der Waals surface area contributed by atoms with Gasteiger partial charge in [-0.05, 0) is 24.1 Å². The number of hydrogen-bond acceptors (Lipinski definition) is 5. The molecular weight excluding hydrogens is 300 g/mol. The maximum atomic E-state index is 12.3. The Balaban J connectivity index is 2.32. The summed E-state index contributed by atoms with van der Waals surface area (Å²) in [7, 11) is -7.11. The molecule has 1 aromatic rings. The molecule has 110 valence electrons. The second-order valence-corrected chi connectivity index (χ2v) is 8.22. The van der Waals surface area contributed by atoms with E-state index in [-0.39, 0.29) is 10.6 Å². The molecule has 0 aromatic heterocycles. The summed E-state index contributed by atoms with van der Waals surface area (Å²) in [4.78, 5) is 0.0951. The highest BCUT2D eigenvalue weighted by Gasteiger charge is 2.27. The number of sulfone groups is 1. The molecule has 0 saturated heterocycles. The first-order chi connectivity index (χ1) is 9.23. The van der Waals surface area contributed by atoms with Crippen LogP contribution in [0.1, 0.15) is 12.5 Å². The number of sulfonamides is 1. The van der Waals surface area contributed by atoms with E-state index in [1.165, 1.54) is 12.1 Å². The molecule has 0 saturated carbocycles. The van der Waals surface area contributed by atoms with E-state index in [1.54, 1.807) is 12.1 Å². The monoisotopic (exact) mass is 316 g/mol. The first kappa shape index (κ1) is 15.0. The Labute approximate surface area is 118 Å². The Morgan fingerprint density at radius 3 is 2.65 bits per heavy atom. The molecule has 0 spiro atoms. The van der Waals surface area contributed by atoms with E-state index in [9.17, 15) is 16.8 Å². The van der Waals surface area contributed by atoms with E-state index < -0.39 is 25.9 Å².